The van der Waals surface area contributed by atoms with E-state index in [1.165, 1.54) is 0 Å². The van der Waals surface area contributed by atoms with E-state index in [1.54, 1.807) is 19.0 Å². The van der Waals surface area contributed by atoms with Gasteiger partial charge in [-0.15, -0.1) is 0 Å². The molecule has 0 aliphatic carbocycles. The summed E-state index contributed by atoms with van der Waals surface area (Å²) >= 11 is 11.5. The van der Waals surface area contributed by atoms with Crippen LogP contribution >= 0.6 is 23.2 Å². The monoisotopic (exact) mass is 338 g/mol. The molecule has 0 bridgehead atoms. The molecule has 0 radical (unpaired) electrons. The quantitative estimate of drug-likeness (QED) is 0.669. The number of hydrogen-bond acceptors (Lipinski definition) is 4. The number of halogens is 5. The van der Waals surface area contributed by atoms with Gasteiger partial charge in [0.05, 0.1) is 27.8 Å². The lowest BCUT2D eigenvalue weighted by molar-refractivity contribution is -0.137. The van der Waals surface area contributed by atoms with E-state index < -0.39 is 11.7 Å². The summed E-state index contributed by atoms with van der Waals surface area (Å²) in [5.74, 6) is 0. The zero-order valence-corrected chi connectivity index (χ0v) is 12.6. The van der Waals surface area contributed by atoms with Gasteiger partial charge in [-0.2, -0.15) is 23.5 Å². The molecular weight excluding hydrogens is 328 g/mol. The number of hydrogen-bond donors (Lipinski definition) is 1. The van der Waals surface area contributed by atoms with E-state index in [9.17, 15) is 13.2 Å². The first-order valence-corrected chi connectivity index (χ1v) is 6.34. The molecule has 21 heavy (non-hydrogen) atoms. The molecule has 0 amide bonds. The third-order valence-electron chi connectivity index (χ3n) is 2.27. The van der Waals surface area contributed by atoms with Crippen LogP contribution < -0.4 is 5.43 Å². The Hall–Kier alpha value is -1.49. The van der Waals surface area contributed by atoms with Crippen LogP contribution in [0.15, 0.2) is 17.2 Å². The van der Waals surface area contributed by atoms with Crippen LogP contribution in [0.25, 0.3) is 0 Å². The van der Waals surface area contributed by atoms with Gasteiger partial charge >= 0.3 is 6.18 Å². The van der Waals surface area contributed by atoms with Crippen LogP contribution in [-0.2, 0) is 6.18 Å². The Morgan fingerprint density at radius 1 is 1.33 bits per heavy atom. The summed E-state index contributed by atoms with van der Waals surface area (Å²) in [7, 11) is 3.48. The highest BCUT2D eigenvalue weighted by atomic mass is 35.5. The van der Waals surface area contributed by atoms with Gasteiger partial charge in [0, 0.05) is 0 Å². The molecule has 1 rings (SSSR count). The number of rotatable bonds is 4. The molecule has 0 aliphatic heterocycles. The minimum Gasteiger partial charge on any atom is -0.303 e. The Morgan fingerprint density at radius 2 is 1.86 bits per heavy atom. The van der Waals surface area contributed by atoms with Crippen molar-refractivity contribution in [1.29, 1.82) is 5.26 Å². The maximum atomic E-state index is 12.6. The number of anilines is 1. The molecule has 0 saturated heterocycles. The summed E-state index contributed by atoms with van der Waals surface area (Å²) < 4.78 is 37.7. The average Bonchev–Trinajstić information content (AvgIpc) is 2.34. The van der Waals surface area contributed by atoms with Gasteiger partial charge in [-0.3, -0.25) is 5.43 Å². The van der Waals surface area contributed by atoms with Crippen molar-refractivity contribution in [1.82, 2.24) is 4.90 Å². The van der Waals surface area contributed by atoms with E-state index in [1.807, 2.05) is 6.07 Å². The lowest BCUT2D eigenvalue weighted by Gasteiger charge is -2.12. The second-order valence-electron chi connectivity index (χ2n) is 4.33. The normalized spacial score (nSPS) is 12.4. The van der Waals surface area contributed by atoms with E-state index in [0.717, 1.165) is 12.1 Å². The molecule has 1 N–H and O–H groups in total. The third kappa shape index (κ3) is 5.08. The second kappa shape index (κ2) is 6.98. The van der Waals surface area contributed by atoms with Crippen molar-refractivity contribution >= 4 is 34.6 Å². The van der Waals surface area contributed by atoms with Gasteiger partial charge in [0.2, 0.25) is 0 Å². The molecule has 9 heteroatoms. The number of nitrogens with one attached hydrogen (secondary N) is 1. The molecule has 0 saturated carbocycles. The summed E-state index contributed by atoms with van der Waals surface area (Å²) in [6.07, 6.45) is -4.54. The van der Waals surface area contributed by atoms with E-state index in [2.05, 4.69) is 10.5 Å². The minimum atomic E-state index is -4.54. The zero-order chi connectivity index (χ0) is 16.2. The number of alkyl halides is 3. The number of nitriles is 1. The molecule has 0 atom stereocenters. The molecule has 0 aliphatic rings. The molecule has 1 aromatic carbocycles. The Balaban J connectivity index is 3.06. The first-order valence-electron chi connectivity index (χ1n) is 5.58. The lowest BCUT2D eigenvalue weighted by Crippen LogP contribution is -2.21. The fraction of sp³-hybridized carbons (Fsp3) is 0.333. The smallest absolute Gasteiger partial charge is 0.303 e. The highest BCUT2D eigenvalue weighted by Gasteiger charge is 2.32. The SMILES string of the molecule is CN(C)C/C(C#N)=N/Nc1c(Cl)cc(C(F)(F)F)cc1Cl. The fourth-order valence-electron chi connectivity index (χ4n) is 1.36. The largest absolute Gasteiger partial charge is 0.416 e. The first kappa shape index (κ1) is 17.6. The standard InChI is InChI=1S/C12H11Cl2F3N4/c1-21(2)6-8(5-18)19-20-11-9(13)3-7(4-10(11)14)12(15,16)17/h3-4,20H,6H2,1-2H3/b19-8+. The Bertz CT molecular complexity index is 568. The number of benzene rings is 1. The molecule has 0 heterocycles. The van der Waals surface area contributed by atoms with Gasteiger partial charge < -0.3 is 4.90 Å². The highest BCUT2D eigenvalue weighted by molar-refractivity contribution is 6.39. The van der Waals surface area contributed by atoms with Crippen LogP contribution in [-0.4, -0.2) is 31.3 Å². The summed E-state index contributed by atoms with van der Waals surface area (Å²) in [4.78, 5) is 1.71. The first-order chi connectivity index (χ1) is 9.65. The zero-order valence-electron chi connectivity index (χ0n) is 11.1. The van der Waals surface area contributed by atoms with Crippen LogP contribution in [0.5, 0.6) is 0 Å². The summed E-state index contributed by atoms with van der Waals surface area (Å²) in [6.45, 7) is 0.263. The van der Waals surface area contributed by atoms with Gasteiger partial charge in [-0.1, -0.05) is 23.2 Å². The van der Waals surface area contributed by atoms with E-state index >= 15 is 0 Å². The molecule has 0 unspecified atom stereocenters. The minimum absolute atomic E-state index is 0.0119. The van der Waals surface area contributed by atoms with Crippen molar-refractivity contribution < 1.29 is 13.2 Å². The molecular formula is C12H11Cl2F3N4. The van der Waals surface area contributed by atoms with Crippen LogP contribution in [0.3, 0.4) is 0 Å². The predicted molar refractivity (Wildman–Crippen MR) is 76.7 cm³/mol. The Morgan fingerprint density at radius 3 is 2.24 bits per heavy atom. The Kier molecular flexibility index (Phi) is 5.84. The van der Waals surface area contributed by atoms with Crippen molar-refractivity contribution in [3.05, 3.63) is 27.7 Å². The molecule has 0 aromatic heterocycles. The predicted octanol–water partition coefficient (Wildman–Crippen LogP) is 3.87. The van der Waals surface area contributed by atoms with Crippen LogP contribution in [0.2, 0.25) is 10.0 Å². The summed E-state index contributed by atoms with van der Waals surface area (Å²) in [6, 6.07) is 3.34. The maximum absolute atomic E-state index is 12.6. The number of nitrogens with zero attached hydrogens (tertiary/aromatic N) is 3. The van der Waals surface area contributed by atoms with E-state index in [4.69, 9.17) is 28.5 Å². The number of hydrazone groups is 1. The maximum Gasteiger partial charge on any atom is 0.416 e. The van der Waals surface area contributed by atoms with E-state index in [-0.39, 0.29) is 28.0 Å². The van der Waals surface area contributed by atoms with Gasteiger partial charge in [0.25, 0.3) is 0 Å². The summed E-state index contributed by atoms with van der Waals surface area (Å²) in [5, 5.41) is 12.2. The summed E-state index contributed by atoms with van der Waals surface area (Å²) in [5.41, 5.74) is 1.61. The van der Waals surface area contributed by atoms with Crippen molar-refractivity contribution in [2.75, 3.05) is 26.1 Å². The highest BCUT2D eigenvalue weighted by Crippen LogP contribution is 2.38. The average molecular weight is 339 g/mol. The van der Waals surface area contributed by atoms with Crippen molar-refractivity contribution in [2.45, 2.75) is 6.18 Å². The van der Waals surface area contributed by atoms with Gasteiger partial charge in [-0.05, 0) is 26.2 Å². The van der Waals surface area contributed by atoms with E-state index in [0.29, 0.717) is 0 Å². The lowest BCUT2D eigenvalue weighted by atomic mass is 10.2. The molecule has 0 fully saturated rings. The molecule has 114 valence electrons. The van der Waals surface area contributed by atoms with Crippen LogP contribution in [0, 0.1) is 11.3 Å². The third-order valence-corrected chi connectivity index (χ3v) is 2.86. The molecule has 4 nitrogen and oxygen atoms in total. The Labute approximate surface area is 129 Å². The van der Waals surface area contributed by atoms with Gasteiger partial charge in [0.15, 0.2) is 5.71 Å². The van der Waals surface area contributed by atoms with Crippen molar-refractivity contribution in [3.63, 3.8) is 0 Å². The second-order valence-corrected chi connectivity index (χ2v) is 5.15. The van der Waals surface area contributed by atoms with Crippen molar-refractivity contribution in [3.8, 4) is 6.07 Å². The van der Waals surface area contributed by atoms with Crippen LogP contribution in [0.1, 0.15) is 5.56 Å². The van der Waals surface area contributed by atoms with Crippen molar-refractivity contribution in [2.24, 2.45) is 5.10 Å². The van der Waals surface area contributed by atoms with Gasteiger partial charge in [0.1, 0.15) is 6.07 Å². The van der Waals surface area contributed by atoms with Crippen LogP contribution in [0.4, 0.5) is 18.9 Å². The molecule has 1 aromatic rings. The molecule has 0 spiro atoms. The van der Waals surface area contributed by atoms with Gasteiger partial charge in [-0.25, -0.2) is 0 Å². The fourth-order valence-corrected chi connectivity index (χ4v) is 1.93. The topological polar surface area (TPSA) is 51.4 Å².